The number of methoxy groups -OCH3 is 1. The van der Waals surface area contributed by atoms with Gasteiger partial charge in [0.15, 0.2) is 0 Å². The molecular formula is C13H20FNO2. The minimum Gasteiger partial charge on any atom is -0.387 e. The van der Waals surface area contributed by atoms with Crippen LogP contribution < -0.4 is 5.32 Å². The minimum absolute atomic E-state index is 0.262. The lowest BCUT2D eigenvalue weighted by Crippen LogP contribution is -2.31. The molecule has 0 saturated heterocycles. The Morgan fingerprint density at radius 3 is 2.88 bits per heavy atom. The third kappa shape index (κ3) is 5.26. The summed E-state index contributed by atoms with van der Waals surface area (Å²) in [6.07, 6.45) is 0.197. The van der Waals surface area contributed by atoms with Gasteiger partial charge in [0, 0.05) is 26.3 Å². The van der Waals surface area contributed by atoms with Crippen LogP contribution in [0.25, 0.3) is 0 Å². The zero-order valence-electron chi connectivity index (χ0n) is 10.3. The van der Waals surface area contributed by atoms with Crippen molar-refractivity contribution in [3.8, 4) is 0 Å². The Labute approximate surface area is 102 Å². The van der Waals surface area contributed by atoms with Gasteiger partial charge in [0.2, 0.25) is 0 Å². The van der Waals surface area contributed by atoms with Crippen molar-refractivity contribution in [2.24, 2.45) is 0 Å². The molecule has 0 fully saturated rings. The van der Waals surface area contributed by atoms with Gasteiger partial charge in [-0.1, -0.05) is 12.1 Å². The first-order valence-electron chi connectivity index (χ1n) is 5.79. The van der Waals surface area contributed by atoms with Gasteiger partial charge in [-0.3, -0.25) is 0 Å². The van der Waals surface area contributed by atoms with Crippen LogP contribution in [-0.2, 0) is 4.74 Å². The molecule has 17 heavy (non-hydrogen) atoms. The van der Waals surface area contributed by atoms with E-state index in [4.69, 9.17) is 4.74 Å². The summed E-state index contributed by atoms with van der Waals surface area (Å²) in [6, 6.07) is 6.30. The molecule has 0 amide bonds. The molecule has 0 heterocycles. The second-order valence-corrected chi connectivity index (χ2v) is 4.16. The van der Waals surface area contributed by atoms with E-state index in [9.17, 15) is 9.50 Å². The normalized spacial score (nSPS) is 14.6. The first kappa shape index (κ1) is 14.1. The number of rotatable bonds is 7. The SMILES string of the molecule is COCCC(C)NCC(O)c1cccc(F)c1. The average molecular weight is 241 g/mol. The number of halogens is 1. The van der Waals surface area contributed by atoms with Gasteiger partial charge in [-0.25, -0.2) is 4.39 Å². The summed E-state index contributed by atoms with van der Waals surface area (Å²) in [7, 11) is 1.66. The molecule has 1 aromatic carbocycles. The molecule has 0 aliphatic carbocycles. The standard InChI is InChI=1S/C13H20FNO2/c1-10(6-7-17-2)15-9-13(16)11-4-3-5-12(14)8-11/h3-5,8,10,13,15-16H,6-7,9H2,1-2H3. The van der Waals surface area contributed by atoms with E-state index in [1.165, 1.54) is 12.1 Å². The number of ether oxygens (including phenoxy) is 1. The van der Waals surface area contributed by atoms with E-state index in [0.717, 1.165) is 6.42 Å². The van der Waals surface area contributed by atoms with Crippen LogP contribution >= 0.6 is 0 Å². The fraction of sp³-hybridized carbons (Fsp3) is 0.538. The fourth-order valence-corrected chi connectivity index (χ4v) is 1.54. The molecule has 0 spiro atoms. The maximum atomic E-state index is 12.9. The molecule has 1 rings (SSSR count). The molecule has 0 aliphatic heterocycles. The van der Waals surface area contributed by atoms with Gasteiger partial charge in [-0.15, -0.1) is 0 Å². The van der Waals surface area contributed by atoms with Crippen LogP contribution in [0.1, 0.15) is 25.0 Å². The molecule has 2 N–H and O–H groups in total. The second-order valence-electron chi connectivity index (χ2n) is 4.16. The van der Waals surface area contributed by atoms with E-state index in [2.05, 4.69) is 5.32 Å². The Balaban J connectivity index is 2.36. The molecule has 2 atom stereocenters. The van der Waals surface area contributed by atoms with Gasteiger partial charge in [-0.05, 0) is 31.0 Å². The Bertz CT molecular complexity index is 333. The smallest absolute Gasteiger partial charge is 0.123 e. The lowest BCUT2D eigenvalue weighted by molar-refractivity contribution is 0.158. The summed E-state index contributed by atoms with van der Waals surface area (Å²) in [5.74, 6) is -0.325. The topological polar surface area (TPSA) is 41.5 Å². The van der Waals surface area contributed by atoms with Crippen LogP contribution in [0.15, 0.2) is 24.3 Å². The van der Waals surface area contributed by atoms with Crippen LogP contribution in [-0.4, -0.2) is 31.4 Å². The fourth-order valence-electron chi connectivity index (χ4n) is 1.54. The quantitative estimate of drug-likeness (QED) is 0.765. The van der Waals surface area contributed by atoms with E-state index in [1.807, 2.05) is 6.92 Å². The largest absolute Gasteiger partial charge is 0.387 e. The zero-order chi connectivity index (χ0) is 12.7. The number of benzene rings is 1. The van der Waals surface area contributed by atoms with Gasteiger partial charge in [-0.2, -0.15) is 0 Å². The summed E-state index contributed by atoms with van der Waals surface area (Å²) < 4.78 is 17.9. The van der Waals surface area contributed by atoms with Crippen molar-refractivity contribution in [1.82, 2.24) is 5.32 Å². The van der Waals surface area contributed by atoms with Crippen molar-refractivity contribution in [1.29, 1.82) is 0 Å². The predicted molar refractivity (Wildman–Crippen MR) is 65.3 cm³/mol. The molecule has 96 valence electrons. The highest BCUT2D eigenvalue weighted by Crippen LogP contribution is 2.13. The molecule has 0 saturated carbocycles. The predicted octanol–water partition coefficient (Wildman–Crippen LogP) is 1.87. The van der Waals surface area contributed by atoms with E-state index in [0.29, 0.717) is 18.7 Å². The van der Waals surface area contributed by atoms with Gasteiger partial charge in [0.25, 0.3) is 0 Å². The summed E-state index contributed by atoms with van der Waals surface area (Å²) in [5, 5.41) is 13.0. The van der Waals surface area contributed by atoms with Crippen molar-refractivity contribution in [2.45, 2.75) is 25.5 Å². The number of hydrogen-bond acceptors (Lipinski definition) is 3. The number of aliphatic hydroxyl groups is 1. The molecule has 0 aromatic heterocycles. The van der Waals surface area contributed by atoms with Crippen molar-refractivity contribution < 1.29 is 14.2 Å². The lowest BCUT2D eigenvalue weighted by Gasteiger charge is -2.17. The summed E-state index contributed by atoms with van der Waals surface area (Å²) >= 11 is 0. The molecule has 2 unspecified atom stereocenters. The summed E-state index contributed by atoms with van der Waals surface area (Å²) in [4.78, 5) is 0. The highest BCUT2D eigenvalue weighted by molar-refractivity contribution is 5.18. The second kappa shape index (κ2) is 7.37. The van der Waals surface area contributed by atoms with Crippen LogP contribution in [0.4, 0.5) is 4.39 Å². The van der Waals surface area contributed by atoms with E-state index in [-0.39, 0.29) is 11.9 Å². The van der Waals surface area contributed by atoms with Crippen molar-refractivity contribution in [2.75, 3.05) is 20.3 Å². The van der Waals surface area contributed by atoms with Gasteiger partial charge >= 0.3 is 0 Å². The van der Waals surface area contributed by atoms with Crippen molar-refractivity contribution in [3.63, 3.8) is 0 Å². The van der Waals surface area contributed by atoms with Crippen LogP contribution in [0.2, 0.25) is 0 Å². The van der Waals surface area contributed by atoms with Gasteiger partial charge < -0.3 is 15.2 Å². The summed E-state index contributed by atoms with van der Waals surface area (Å²) in [6.45, 7) is 3.12. The first-order chi connectivity index (χ1) is 8.13. The number of aliphatic hydroxyl groups excluding tert-OH is 1. The van der Waals surface area contributed by atoms with Crippen LogP contribution in [0, 0.1) is 5.82 Å². The average Bonchev–Trinajstić information content (AvgIpc) is 2.33. The first-order valence-corrected chi connectivity index (χ1v) is 5.79. The van der Waals surface area contributed by atoms with E-state index < -0.39 is 6.10 Å². The molecule has 3 nitrogen and oxygen atoms in total. The zero-order valence-corrected chi connectivity index (χ0v) is 10.3. The highest BCUT2D eigenvalue weighted by Gasteiger charge is 2.09. The molecule has 0 radical (unpaired) electrons. The van der Waals surface area contributed by atoms with E-state index >= 15 is 0 Å². The number of hydrogen-bond donors (Lipinski definition) is 2. The third-order valence-corrected chi connectivity index (χ3v) is 2.65. The van der Waals surface area contributed by atoms with Crippen molar-refractivity contribution in [3.05, 3.63) is 35.6 Å². The van der Waals surface area contributed by atoms with Crippen LogP contribution in [0.3, 0.4) is 0 Å². The molecule has 1 aromatic rings. The maximum absolute atomic E-state index is 12.9. The monoisotopic (exact) mass is 241 g/mol. The van der Waals surface area contributed by atoms with Crippen LogP contribution in [0.5, 0.6) is 0 Å². The Morgan fingerprint density at radius 2 is 2.24 bits per heavy atom. The van der Waals surface area contributed by atoms with Gasteiger partial charge in [0.05, 0.1) is 6.10 Å². The maximum Gasteiger partial charge on any atom is 0.123 e. The Hall–Kier alpha value is -0.970. The third-order valence-electron chi connectivity index (χ3n) is 2.65. The molecule has 4 heteroatoms. The van der Waals surface area contributed by atoms with Crippen molar-refractivity contribution >= 4 is 0 Å². The lowest BCUT2D eigenvalue weighted by atomic mass is 10.1. The Morgan fingerprint density at radius 1 is 1.47 bits per heavy atom. The van der Waals surface area contributed by atoms with Gasteiger partial charge in [0.1, 0.15) is 5.82 Å². The summed E-state index contributed by atoms with van der Waals surface area (Å²) in [5.41, 5.74) is 0.594. The molecule has 0 bridgehead atoms. The highest BCUT2D eigenvalue weighted by atomic mass is 19.1. The molecular weight excluding hydrogens is 221 g/mol. The van der Waals surface area contributed by atoms with E-state index in [1.54, 1.807) is 19.2 Å². The Kier molecular flexibility index (Phi) is 6.11. The molecule has 0 aliphatic rings. The minimum atomic E-state index is -0.685. The number of nitrogens with one attached hydrogen (secondary N) is 1.